The van der Waals surface area contributed by atoms with Gasteiger partial charge in [0.1, 0.15) is 0 Å². The van der Waals surface area contributed by atoms with Gasteiger partial charge in [-0.1, -0.05) is 17.7 Å². The second-order valence-corrected chi connectivity index (χ2v) is 3.78. The first-order valence-electron chi connectivity index (χ1n) is 4.53. The Balaban J connectivity index is 2.69. The average molecular weight is 209 g/mol. The van der Waals surface area contributed by atoms with Gasteiger partial charge in [-0.25, -0.2) is 0 Å². The van der Waals surface area contributed by atoms with Crippen LogP contribution < -0.4 is 5.32 Å². The Morgan fingerprint density at radius 1 is 1.57 bits per heavy atom. The lowest BCUT2D eigenvalue weighted by atomic mass is 10.2. The van der Waals surface area contributed by atoms with Crippen molar-refractivity contribution < 1.29 is 0 Å². The van der Waals surface area contributed by atoms with Crippen LogP contribution in [-0.4, -0.2) is 6.04 Å². The summed E-state index contributed by atoms with van der Waals surface area (Å²) in [6, 6.07) is 8.08. The SMILES string of the molecule is Cc1ccc(NC(C)CC#N)cc1Cl. The van der Waals surface area contributed by atoms with Gasteiger partial charge in [-0.2, -0.15) is 5.26 Å². The zero-order valence-electron chi connectivity index (χ0n) is 8.34. The third-order valence-corrected chi connectivity index (χ3v) is 2.39. The average Bonchev–Trinajstić information content (AvgIpc) is 2.12. The first-order valence-corrected chi connectivity index (χ1v) is 4.91. The highest BCUT2D eigenvalue weighted by Gasteiger charge is 2.02. The molecule has 0 bridgehead atoms. The molecule has 0 aliphatic heterocycles. The number of rotatable bonds is 3. The Hall–Kier alpha value is -1.20. The molecule has 14 heavy (non-hydrogen) atoms. The van der Waals surface area contributed by atoms with Gasteiger partial charge in [0.05, 0.1) is 12.5 Å². The van der Waals surface area contributed by atoms with Gasteiger partial charge >= 0.3 is 0 Å². The summed E-state index contributed by atoms with van der Waals surface area (Å²) in [6.07, 6.45) is 0.492. The molecule has 74 valence electrons. The number of nitrogens with one attached hydrogen (secondary N) is 1. The predicted molar refractivity (Wildman–Crippen MR) is 59.5 cm³/mol. The third-order valence-electron chi connectivity index (χ3n) is 1.98. The molecule has 0 aliphatic rings. The van der Waals surface area contributed by atoms with E-state index in [9.17, 15) is 0 Å². The normalized spacial score (nSPS) is 11.9. The molecular weight excluding hydrogens is 196 g/mol. The zero-order chi connectivity index (χ0) is 10.6. The molecule has 1 atom stereocenters. The van der Waals surface area contributed by atoms with E-state index in [2.05, 4.69) is 11.4 Å². The van der Waals surface area contributed by atoms with Gasteiger partial charge in [0, 0.05) is 16.8 Å². The van der Waals surface area contributed by atoms with E-state index in [0.717, 1.165) is 16.3 Å². The summed E-state index contributed by atoms with van der Waals surface area (Å²) in [4.78, 5) is 0. The minimum absolute atomic E-state index is 0.152. The van der Waals surface area contributed by atoms with Crippen LogP contribution in [0.25, 0.3) is 0 Å². The van der Waals surface area contributed by atoms with E-state index < -0.39 is 0 Å². The number of hydrogen-bond donors (Lipinski definition) is 1. The maximum atomic E-state index is 8.50. The Bertz CT molecular complexity index is 355. The molecule has 2 nitrogen and oxygen atoms in total. The summed E-state index contributed by atoms with van der Waals surface area (Å²) in [7, 11) is 0. The van der Waals surface area contributed by atoms with Crippen LogP contribution in [0.5, 0.6) is 0 Å². The highest BCUT2D eigenvalue weighted by atomic mass is 35.5. The van der Waals surface area contributed by atoms with Crippen LogP contribution in [0.1, 0.15) is 18.9 Å². The predicted octanol–water partition coefficient (Wildman–Crippen LogP) is 3.36. The van der Waals surface area contributed by atoms with Gasteiger partial charge in [0.2, 0.25) is 0 Å². The van der Waals surface area contributed by atoms with Crippen molar-refractivity contribution in [3.8, 4) is 6.07 Å². The van der Waals surface area contributed by atoms with Gasteiger partial charge in [0.25, 0.3) is 0 Å². The first-order chi connectivity index (χ1) is 6.63. The molecule has 0 spiro atoms. The maximum absolute atomic E-state index is 8.50. The van der Waals surface area contributed by atoms with Crippen LogP contribution in [0.3, 0.4) is 0 Å². The van der Waals surface area contributed by atoms with Crippen molar-refractivity contribution in [1.82, 2.24) is 0 Å². The lowest BCUT2D eigenvalue weighted by Crippen LogP contribution is -2.13. The van der Waals surface area contributed by atoms with Crippen molar-refractivity contribution in [3.05, 3.63) is 28.8 Å². The minimum atomic E-state index is 0.152. The fourth-order valence-corrected chi connectivity index (χ4v) is 1.34. The van der Waals surface area contributed by atoms with Crippen LogP contribution in [0.2, 0.25) is 5.02 Å². The highest BCUT2D eigenvalue weighted by Crippen LogP contribution is 2.20. The molecule has 0 saturated carbocycles. The van der Waals surface area contributed by atoms with Crippen LogP contribution in [-0.2, 0) is 0 Å². The second kappa shape index (κ2) is 4.88. The largest absolute Gasteiger partial charge is 0.382 e. The van der Waals surface area contributed by atoms with E-state index in [4.69, 9.17) is 16.9 Å². The summed E-state index contributed by atoms with van der Waals surface area (Å²) in [5.41, 5.74) is 2.02. The van der Waals surface area contributed by atoms with Crippen molar-refractivity contribution in [2.45, 2.75) is 26.3 Å². The lowest BCUT2D eigenvalue weighted by Gasteiger charge is -2.12. The number of hydrogen-bond acceptors (Lipinski definition) is 2. The molecule has 0 aromatic heterocycles. The Labute approximate surface area is 89.5 Å². The topological polar surface area (TPSA) is 35.8 Å². The Morgan fingerprint density at radius 2 is 2.29 bits per heavy atom. The van der Waals surface area contributed by atoms with Crippen LogP contribution in [0, 0.1) is 18.3 Å². The zero-order valence-corrected chi connectivity index (χ0v) is 9.10. The molecule has 0 fully saturated rings. The Kier molecular flexibility index (Phi) is 3.79. The third kappa shape index (κ3) is 2.93. The number of benzene rings is 1. The molecule has 0 heterocycles. The van der Waals surface area contributed by atoms with Crippen molar-refractivity contribution in [2.75, 3.05) is 5.32 Å². The minimum Gasteiger partial charge on any atom is -0.382 e. The molecule has 1 unspecified atom stereocenters. The van der Waals surface area contributed by atoms with Gasteiger partial charge in [-0.3, -0.25) is 0 Å². The smallest absolute Gasteiger partial charge is 0.0643 e. The molecule has 0 radical (unpaired) electrons. The van der Waals surface area contributed by atoms with E-state index >= 15 is 0 Å². The second-order valence-electron chi connectivity index (χ2n) is 3.37. The van der Waals surface area contributed by atoms with Crippen molar-refractivity contribution in [3.63, 3.8) is 0 Å². The summed E-state index contributed by atoms with van der Waals surface area (Å²) in [6.45, 7) is 3.93. The molecule has 0 saturated heterocycles. The van der Waals surface area contributed by atoms with E-state index in [0.29, 0.717) is 6.42 Å². The standard InChI is InChI=1S/C11H13ClN2/c1-8-3-4-10(7-11(8)12)14-9(2)5-6-13/h3-4,7,9,14H,5H2,1-2H3. The molecule has 0 aliphatic carbocycles. The number of nitriles is 1. The fourth-order valence-electron chi connectivity index (χ4n) is 1.16. The molecule has 0 amide bonds. The monoisotopic (exact) mass is 208 g/mol. The molecule has 1 rings (SSSR count). The van der Waals surface area contributed by atoms with E-state index in [1.165, 1.54) is 0 Å². The lowest BCUT2D eigenvalue weighted by molar-refractivity contribution is 0.821. The van der Waals surface area contributed by atoms with Gasteiger partial charge in [-0.15, -0.1) is 0 Å². The van der Waals surface area contributed by atoms with Gasteiger partial charge in [-0.05, 0) is 31.5 Å². The van der Waals surface area contributed by atoms with Crippen molar-refractivity contribution >= 4 is 17.3 Å². The van der Waals surface area contributed by atoms with Gasteiger partial charge < -0.3 is 5.32 Å². The molecule has 1 N–H and O–H groups in total. The molecule has 1 aromatic carbocycles. The quantitative estimate of drug-likeness (QED) is 0.827. The first kappa shape index (κ1) is 10.9. The van der Waals surface area contributed by atoms with Crippen molar-refractivity contribution in [1.29, 1.82) is 5.26 Å². The summed E-state index contributed by atoms with van der Waals surface area (Å²) >= 11 is 5.97. The van der Waals surface area contributed by atoms with Crippen LogP contribution in [0.15, 0.2) is 18.2 Å². The summed E-state index contributed by atoms with van der Waals surface area (Å²) in [5.74, 6) is 0. The van der Waals surface area contributed by atoms with E-state index in [-0.39, 0.29) is 6.04 Å². The van der Waals surface area contributed by atoms with Gasteiger partial charge in [0.15, 0.2) is 0 Å². The number of halogens is 1. The molecule has 1 aromatic rings. The van der Waals surface area contributed by atoms with E-state index in [1.54, 1.807) is 0 Å². The fraction of sp³-hybridized carbons (Fsp3) is 0.364. The molecule has 3 heteroatoms. The van der Waals surface area contributed by atoms with Crippen molar-refractivity contribution in [2.24, 2.45) is 0 Å². The Morgan fingerprint density at radius 3 is 2.86 bits per heavy atom. The summed E-state index contributed by atoms with van der Waals surface area (Å²) in [5, 5.41) is 12.5. The molecular formula is C11H13ClN2. The highest BCUT2D eigenvalue weighted by molar-refractivity contribution is 6.31. The van der Waals surface area contributed by atoms with E-state index in [1.807, 2.05) is 32.0 Å². The number of aryl methyl sites for hydroxylation is 1. The van der Waals surface area contributed by atoms with Crippen LogP contribution >= 0.6 is 11.6 Å². The maximum Gasteiger partial charge on any atom is 0.0643 e. The number of anilines is 1. The summed E-state index contributed by atoms with van der Waals surface area (Å²) < 4.78 is 0. The van der Waals surface area contributed by atoms with Crippen LogP contribution in [0.4, 0.5) is 5.69 Å². The number of nitrogens with zero attached hydrogens (tertiary/aromatic N) is 1.